The molecule has 1 aromatic rings. The van der Waals surface area contributed by atoms with Crippen molar-refractivity contribution in [3.8, 4) is 5.75 Å². The summed E-state index contributed by atoms with van der Waals surface area (Å²) in [4.78, 5) is 10.9. The van der Waals surface area contributed by atoms with E-state index in [1.165, 1.54) is 13.0 Å². The molecule has 1 rings (SSSR count). The molecular weight excluding hydrogens is 140 g/mol. The second-order valence-electron chi connectivity index (χ2n) is 2.50. The zero-order valence-corrected chi connectivity index (χ0v) is 6.55. The molecule has 0 unspecified atom stereocenters. The molecule has 0 atom stereocenters. The van der Waals surface area contributed by atoms with Crippen molar-refractivity contribution >= 4 is 5.78 Å². The van der Waals surface area contributed by atoms with Gasteiger partial charge in [0.15, 0.2) is 11.5 Å². The third kappa shape index (κ3) is 1.40. The standard InChI is InChI=1S/C9H9O2/c1-6-4-3-5-8(11)9(6)7(2)10/h3-5H,1-2H3. The number of ketones is 1. The molecule has 2 nitrogen and oxygen atoms in total. The highest BCUT2D eigenvalue weighted by Crippen LogP contribution is 2.20. The molecule has 0 amide bonds. The lowest BCUT2D eigenvalue weighted by atomic mass is 10.0. The number of carbonyl (C=O) groups excluding carboxylic acids is 1. The van der Waals surface area contributed by atoms with E-state index in [1.54, 1.807) is 19.1 Å². The van der Waals surface area contributed by atoms with Gasteiger partial charge in [-0.1, -0.05) is 12.1 Å². The number of hydrogen-bond donors (Lipinski definition) is 0. The largest absolute Gasteiger partial charge is 0.294 e. The Kier molecular flexibility index (Phi) is 1.94. The van der Waals surface area contributed by atoms with Gasteiger partial charge in [0, 0.05) is 0 Å². The summed E-state index contributed by atoms with van der Waals surface area (Å²) >= 11 is 0. The van der Waals surface area contributed by atoms with Gasteiger partial charge in [0.05, 0.1) is 5.56 Å². The first kappa shape index (κ1) is 7.79. The van der Waals surface area contributed by atoms with Crippen molar-refractivity contribution in [1.82, 2.24) is 0 Å². The van der Waals surface area contributed by atoms with Gasteiger partial charge in [0.1, 0.15) is 0 Å². The summed E-state index contributed by atoms with van der Waals surface area (Å²) in [5.74, 6) is -0.342. The van der Waals surface area contributed by atoms with Gasteiger partial charge in [-0.3, -0.25) is 9.90 Å². The Hall–Kier alpha value is -1.31. The third-order valence-corrected chi connectivity index (χ3v) is 1.59. The molecule has 0 spiro atoms. The Morgan fingerprint density at radius 1 is 1.36 bits per heavy atom. The van der Waals surface area contributed by atoms with Gasteiger partial charge in [-0.15, -0.1) is 0 Å². The lowest BCUT2D eigenvalue weighted by molar-refractivity contribution is 0.101. The maximum Gasteiger partial charge on any atom is 0.189 e. The smallest absolute Gasteiger partial charge is 0.189 e. The molecule has 0 aliphatic rings. The molecule has 0 aliphatic heterocycles. The average molecular weight is 149 g/mol. The first-order chi connectivity index (χ1) is 5.13. The topological polar surface area (TPSA) is 37.0 Å². The van der Waals surface area contributed by atoms with E-state index in [0.717, 1.165) is 5.56 Å². The molecule has 0 saturated heterocycles. The van der Waals surface area contributed by atoms with Gasteiger partial charge < -0.3 is 0 Å². The lowest BCUT2D eigenvalue weighted by Gasteiger charge is -2.00. The number of benzene rings is 1. The van der Waals surface area contributed by atoms with Crippen molar-refractivity contribution in [2.24, 2.45) is 0 Å². The molecule has 0 bridgehead atoms. The van der Waals surface area contributed by atoms with Gasteiger partial charge in [-0.25, -0.2) is 0 Å². The molecule has 0 N–H and O–H groups in total. The monoisotopic (exact) mass is 149 g/mol. The van der Waals surface area contributed by atoms with Crippen LogP contribution in [0.25, 0.3) is 0 Å². The summed E-state index contributed by atoms with van der Waals surface area (Å²) in [5, 5.41) is 11.1. The van der Waals surface area contributed by atoms with Crippen LogP contribution in [-0.4, -0.2) is 5.78 Å². The fourth-order valence-corrected chi connectivity index (χ4v) is 1.09. The van der Waals surface area contributed by atoms with Crippen molar-refractivity contribution in [2.45, 2.75) is 13.8 Å². The Morgan fingerprint density at radius 2 is 2.00 bits per heavy atom. The van der Waals surface area contributed by atoms with Crippen LogP contribution in [0.1, 0.15) is 22.8 Å². The summed E-state index contributed by atoms with van der Waals surface area (Å²) in [6.45, 7) is 3.17. The zero-order chi connectivity index (χ0) is 8.43. The molecular formula is C9H9O2. The minimum atomic E-state index is -0.183. The van der Waals surface area contributed by atoms with Gasteiger partial charge in [-0.2, -0.15) is 0 Å². The van der Waals surface area contributed by atoms with E-state index in [9.17, 15) is 9.90 Å². The van der Waals surface area contributed by atoms with Crippen LogP contribution >= 0.6 is 0 Å². The molecule has 57 valence electrons. The van der Waals surface area contributed by atoms with Gasteiger partial charge >= 0.3 is 0 Å². The normalized spacial score (nSPS) is 9.64. The minimum absolute atomic E-state index is 0.159. The van der Waals surface area contributed by atoms with Crippen LogP contribution in [0.2, 0.25) is 0 Å². The van der Waals surface area contributed by atoms with Crippen molar-refractivity contribution in [3.05, 3.63) is 29.3 Å². The summed E-state index contributed by atoms with van der Waals surface area (Å²) in [5.41, 5.74) is 1.07. The molecule has 0 fully saturated rings. The van der Waals surface area contributed by atoms with Crippen molar-refractivity contribution < 1.29 is 9.90 Å². The zero-order valence-electron chi connectivity index (χ0n) is 6.55. The number of aryl methyl sites for hydroxylation is 1. The Morgan fingerprint density at radius 3 is 2.36 bits per heavy atom. The van der Waals surface area contributed by atoms with Crippen LogP contribution in [0, 0.1) is 6.92 Å². The van der Waals surface area contributed by atoms with Crippen molar-refractivity contribution in [3.63, 3.8) is 0 Å². The number of rotatable bonds is 1. The van der Waals surface area contributed by atoms with E-state index in [0.29, 0.717) is 5.56 Å². The second-order valence-corrected chi connectivity index (χ2v) is 2.50. The number of carbonyl (C=O) groups is 1. The van der Waals surface area contributed by atoms with Crippen LogP contribution in [0.15, 0.2) is 18.2 Å². The molecule has 0 aliphatic carbocycles. The van der Waals surface area contributed by atoms with Crippen molar-refractivity contribution in [1.29, 1.82) is 0 Å². The van der Waals surface area contributed by atoms with Crippen molar-refractivity contribution in [2.75, 3.05) is 0 Å². The molecule has 2 heteroatoms. The summed E-state index contributed by atoms with van der Waals surface area (Å²) < 4.78 is 0. The molecule has 1 radical (unpaired) electrons. The molecule has 0 heterocycles. The minimum Gasteiger partial charge on any atom is -0.294 e. The Balaban J connectivity index is 3.32. The second kappa shape index (κ2) is 2.74. The number of Topliss-reactive ketones (excluding diaryl/α,β-unsaturated/α-hetero) is 1. The highest BCUT2D eigenvalue weighted by molar-refractivity contribution is 5.98. The first-order valence-corrected chi connectivity index (χ1v) is 3.40. The third-order valence-electron chi connectivity index (χ3n) is 1.59. The Labute approximate surface area is 65.5 Å². The Bertz CT molecular complexity index is 269. The predicted octanol–water partition coefficient (Wildman–Crippen LogP) is 2.34. The summed E-state index contributed by atoms with van der Waals surface area (Å²) in [6, 6.07) is 4.83. The molecule has 11 heavy (non-hydrogen) atoms. The molecule has 0 saturated carbocycles. The average Bonchev–Trinajstić information content (AvgIpc) is 1.85. The summed E-state index contributed by atoms with van der Waals surface area (Å²) in [6.07, 6.45) is 0. The van der Waals surface area contributed by atoms with Gasteiger partial charge in [-0.05, 0) is 25.5 Å². The van der Waals surface area contributed by atoms with E-state index >= 15 is 0 Å². The highest BCUT2D eigenvalue weighted by Gasteiger charge is 2.09. The quantitative estimate of drug-likeness (QED) is 0.564. The van der Waals surface area contributed by atoms with E-state index in [-0.39, 0.29) is 11.5 Å². The van der Waals surface area contributed by atoms with E-state index in [2.05, 4.69) is 0 Å². The fraction of sp³-hybridized carbons (Fsp3) is 0.222. The van der Waals surface area contributed by atoms with Crippen LogP contribution in [0.4, 0.5) is 0 Å². The van der Waals surface area contributed by atoms with E-state index in [4.69, 9.17) is 0 Å². The maximum absolute atomic E-state index is 11.1. The molecule has 1 aromatic carbocycles. The molecule has 0 aromatic heterocycles. The predicted molar refractivity (Wildman–Crippen MR) is 41.3 cm³/mol. The number of hydrogen-bond acceptors (Lipinski definition) is 1. The van der Waals surface area contributed by atoms with Crippen LogP contribution in [0.5, 0.6) is 5.75 Å². The van der Waals surface area contributed by atoms with E-state index in [1.807, 2.05) is 0 Å². The highest BCUT2D eigenvalue weighted by atomic mass is 16.3. The van der Waals surface area contributed by atoms with E-state index < -0.39 is 0 Å². The first-order valence-electron chi connectivity index (χ1n) is 3.40. The van der Waals surface area contributed by atoms with Crippen LogP contribution in [-0.2, 0) is 5.11 Å². The van der Waals surface area contributed by atoms with Crippen LogP contribution in [0.3, 0.4) is 0 Å². The lowest BCUT2D eigenvalue weighted by Crippen LogP contribution is -1.95. The van der Waals surface area contributed by atoms with Gasteiger partial charge in [0.25, 0.3) is 0 Å². The fourth-order valence-electron chi connectivity index (χ4n) is 1.09. The SMILES string of the molecule is CC(=O)c1c(C)cccc1[O]. The van der Waals surface area contributed by atoms with Gasteiger partial charge in [0.2, 0.25) is 0 Å². The van der Waals surface area contributed by atoms with Crippen LogP contribution < -0.4 is 0 Å². The summed E-state index contributed by atoms with van der Waals surface area (Å²) in [7, 11) is 0. The maximum atomic E-state index is 11.1.